The van der Waals surface area contributed by atoms with E-state index in [9.17, 15) is 9.59 Å². The van der Waals surface area contributed by atoms with E-state index in [1.54, 1.807) is 30.3 Å². The molecule has 0 aliphatic carbocycles. The van der Waals surface area contributed by atoms with Gasteiger partial charge in [-0.15, -0.1) is 10.2 Å². The van der Waals surface area contributed by atoms with Crippen LogP contribution in [0.4, 0.5) is 5.69 Å². The fraction of sp³-hybridized carbons (Fsp3) is 0.333. The van der Waals surface area contributed by atoms with Crippen molar-refractivity contribution in [2.75, 3.05) is 11.1 Å². The number of rotatable bonds is 9. The highest BCUT2D eigenvalue weighted by Crippen LogP contribution is 2.27. The SMILES string of the molecule is CCn1c(SCC(=O)Nc2ccc(C)c(Cl)c2)nnc1[C@H](NC(=O)c1ccccc1Cl)C(C)C. The van der Waals surface area contributed by atoms with Crippen molar-refractivity contribution >= 4 is 52.5 Å². The molecule has 2 amide bonds. The van der Waals surface area contributed by atoms with Crippen LogP contribution in [-0.4, -0.2) is 32.3 Å². The number of carbonyl (C=O) groups is 2. The van der Waals surface area contributed by atoms with Crippen molar-refractivity contribution < 1.29 is 9.59 Å². The Balaban J connectivity index is 1.72. The highest BCUT2D eigenvalue weighted by Gasteiger charge is 2.26. The van der Waals surface area contributed by atoms with Crippen LogP contribution in [0.15, 0.2) is 47.6 Å². The quantitative estimate of drug-likeness (QED) is 0.350. The number of thioether (sulfide) groups is 1. The predicted octanol–water partition coefficient (Wildman–Crippen LogP) is 5.77. The molecule has 0 saturated heterocycles. The highest BCUT2D eigenvalue weighted by atomic mass is 35.5. The lowest BCUT2D eigenvalue weighted by atomic mass is 10.0. The Morgan fingerprint density at radius 3 is 2.47 bits per heavy atom. The van der Waals surface area contributed by atoms with Gasteiger partial charge in [0.25, 0.3) is 5.91 Å². The Morgan fingerprint density at radius 2 is 1.82 bits per heavy atom. The van der Waals surface area contributed by atoms with Gasteiger partial charge in [-0.2, -0.15) is 0 Å². The second-order valence-corrected chi connectivity index (χ2v) is 9.82. The van der Waals surface area contributed by atoms with E-state index in [0.29, 0.717) is 38.8 Å². The number of carbonyl (C=O) groups excluding carboxylic acids is 2. The van der Waals surface area contributed by atoms with Crippen LogP contribution in [0.25, 0.3) is 0 Å². The Labute approximate surface area is 213 Å². The van der Waals surface area contributed by atoms with Gasteiger partial charge in [0, 0.05) is 17.3 Å². The molecule has 3 aromatic rings. The van der Waals surface area contributed by atoms with E-state index in [1.165, 1.54) is 11.8 Å². The fourth-order valence-electron chi connectivity index (χ4n) is 3.33. The summed E-state index contributed by atoms with van der Waals surface area (Å²) in [6.45, 7) is 8.46. The van der Waals surface area contributed by atoms with E-state index in [-0.39, 0.29) is 29.5 Å². The zero-order valence-corrected chi connectivity index (χ0v) is 21.8. The van der Waals surface area contributed by atoms with Gasteiger partial charge >= 0.3 is 0 Å². The van der Waals surface area contributed by atoms with Crippen LogP contribution < -0.4 is 10.6 Å². The number of aryl methyl sites for hydroxylation is 1. The number of hydrogen-bond donors (Lipinski definition) is 2. The maximum Gasteiger partial charge on any atom is 0.253 e. The molecule has 1 atom stereocenters. The number of halogens is 2. The molecule has 2 aromatic carbocycles. The minimum atomic E-state index is -0.380. The zero-order chi connectivity index (χ0) is 24.8. The molecule has 0 fully saturated rings. The normalized spacial score (nSPS) is 12.0. The van der Waals surface area contributed by atoms with Gasteiger partial charge in [0.1, 0.15) is 0 Å². The number of hydrogen-bond acceptors (Lipinski definition) is 5. The Morgan fingerprint density at radius 1 is 1.09 bits per heavy atom. The third kappa shape index (κ3) is 6.31. The Hall–Kier alpha value is -2.55. The summed E-state index contributed by atoms with van der Waals surface area (Å²) in [5.41, 5.74) is 1.99. The van der Waals surface area contributed by atoms with E-state index < -0.39 is 0 Å². The molecule has 3 rings (SSSR count). The van der Waals surface area contributed by atoms with E-state index in [0.717, 1.165) is 5.56 Å². The molecule has 0 unspecified atom stereocenters. The standard InChI is InChI=1S/C24H27Cl2N5O2S/c1-5-31-22(21(14(2)3)28-23(33)17-8-6-7-9-18(17)25)29-30-24(31)34-13-20(32)27-16-11-10-15(4)19(26)12-16/h6-12,14,21H,5,13H2,1-4H3,(H,27,32)(H,28,33)/t21-/m1/s1. The first-order chi connectivity index (χ1) is 16.2. The number of anilines is 1. The third-order valence-corrected chi connectivity index (χ3v) is 6.90. The summed E-state index contributed by atoms with van der Waals surface area (Å²) >= 11 is 13.6. The van der Waals surface area contributed by atoms with Gasteiger partial charge in [0.05, 0.1) is 22.4 Å². The molecule has 1 aromatic heterocycles. The summed E-state index contributed by atoms with van der Waals surface area (Å²) in [5, 5.41) is 16.1. The minimum absolute atomic E-state index is 0.0494. The average Bonchev–Trinajstić information content (AvgIpc) is 3.21. The lowest BCUT2D eigenvalue weighted by Gasteiger charge is -2.22. The first-order valence-electron chi connectivity index (χ1n) is 10.9. The minimum Gasteiger partial charge on any atom is -0.342 e. The topological polar surface area (TPSA) is 88.9 Å². The molecule has 0 aliphatic heterocycles. The maximum absolute atomic E-state index is 12.9. The van der Waals surface area contributed by atoms with Crippen LogP contribution in [0, 0.1) is 12.8 Å². The summed E-state index contributed by atoms with van der Waals surface area (Å²) in [4.78, 5) is 25.3. The fourth-order valence-corrected chi connectivity index (χ4v) is 4.54. The lowest BCUT2D eigenvalue weighted by molar-refractivity contribution is -0.113. The number of aromatic nitrogens is 3. The molecule has 1 heterocycles. The smallest absolute Gasteiger partial charge is 0.253 e. The van der Waals surface area contributed by atoms with Crippen molar-refractivity contribution in [1.29, 1.82) is 0 Å². The highest BCUT2D eigenvalue weighted by molar-refractivity contribution is 7.99. The van der Waals surface area contributed by atoms with Crippen LogP contribution in [-0.2, 0) is 11.3 Å². The molecule has 34 heavy (non-hydrogen) atoms. The summed E-state index contributed by atoms with van der Waals surface area (Å²) in [5.74, 6) is 0.381. The van der Waals surface area contributed by atoms with E-state index in [2.05, 4.69) is 20.8 Å². The van der Waals surface area contributed by atoms with Gasteiger partial charge in [-0.1, -0.05) is 67.0 Å². The number of amides is 2. The largest absolute Gasteiger partial charge is 0.342 e. The molecule has 2 N–H and O–H groups in total. The van der Waals surface area contributed by atoms with Gasteiger partial charge in [-0.25, -0.2) is 0 Å². The molecule has 0 radical (unpaired) electrons. The van der Waals surface area contributed by atoms with Crippen molar-refractivity contribution in [3.8, 4) is 0 Å². The molecule has 0 spiro atoms. The van der Waals surface area contributed by atoms with Gasteiger partial charge in [-0.05, 0) is 49.6 Å². The van der Waals surface area contributed by atoms with Crippen molar-refractivity contribution in [3.63, 3.8) is 0 Å². The summed E-state index contributed by atoms with van der Waals surface area (Å²) in [6, 6.07) is 11.9. The van der Waals surface area contributed by atoms with E-state index in [1.807, 2.05) is 44.4 Å². The van der Waals surface area contributed by atoms with Crippen LogP contribution in [0.1, 0.15) is 48.6 Å². The molecule has 7 nitrogen and oxygen atoms in total. The second kappa shape index (κ2) is 11.7. The van der Waals surface area contributed by atoms with E-state index >= 15 is 0 Å². The average molecular weight is 520 g/mol. The van der Waals surface area contributed by atoms with Crippen molar-refractivity contribution in [3.05, 3.63) is 69.5 Å². The summed E-state index contributed by atoms with van der Waals surface area (Å²) in [7, 11) is 0. The van der Waals surface area contributed by atoms with Crippen molar-refractivity contribution in [1.82, 2.24) is 20.1 Å². The van der Waals surface area contributed by atoms with Crippen molar-refractivity contribution in [2.24, 2.45) is 5.92 Å². The first kappa shape index (κ1) is 26.1. The van der Waals surface area contributed by atoms with Gasteiger partial charge in [0.2, 0.25) is 5.91 Å². The molecule has 0 aliphatic rings. The Bertz CT molecular complexity index is 1180. The molecular formula is C24H27Cl2N5O2S. The third-order valence-electron chi connectivity index (χ3n) is 5.20. The predicted molar refractivity (Wildman–Crippen MR) is 138 cm³/mol. The number of nitrogens with zero attached hydrogens (tertiary/aromatic N) is 3. The van der Waals surface area contributed by atoms with Crippen LogP contribution in [0.2, 0.25) is 10.0 Å². The molecule has 0 bridgehead atoms. The number of benzene rings is 2. The molecular weight excluding hydrogens is 493 g/mol. The molecule has 0 saturated carbocycles. The van der Waals surface area contributed by atoms with E-state index in [4.69, 9.17) is 23.2 Å². The zero-order valence-electron chi connectivity index (χ0n) is 19.4. The van der Waals surface area contributed by atoms with Gasteiger partial charge < -0.3 is 15.2 Å². The lowest BCUT2D eigenvalue weighted by Crippen LogP contribution is -2.34. The monoisotopic (exact) mass is 519 g/mol. The van der Waals surface area contributed by atoms with Crippen LogP contribution in [0.5, 0.6) is 0 Å². The van der Waals surface area contributed by atoms with Gasteiger partial charge in [-0.3, -0.25) is 9.59 Å². The Kier molecular flexibility index (Phi) is 8.99. The number of nitrogens with one attached hydrogen (secondary N) is 2. The molecule has 180 valence electrons. The molecule has 10 heteroatoms. The van der Waals surface area contributed by atoms with Crippen molar-refractivity contribution in [2.45, 2.75) is 45.4 Å². The first-order valence-corrected chi connectivity index (χ1v) is 12.6. The summed E-state index contributed by atoms with van der Waals surface area (Å²) in [6.07, 6.45) is 0. The maximum atomic E-state index is 12.9. The van der Waals surface area contributed by atoms with Crippen LogP contribution >= 0.6 is 35.0 Å². The summed E-state index contributed by atoms with van der Waals surface area (Å²) < 4.78 is 1.91. The second-order valence-electron chi connectivity index (χ2n) is 8.06. The van der Waals surface area contributed by atoms with Gasteiger partial charge in [0.15, 0.2) is 11.0 Å². The van der Waals surface area contributed by atoms with Crippen LogP contribution in [0.3, 0.4) is 0 Å².